The third kappa shape index (κ3) is 3.97. The van der Waals surface area contributed by atoms with Gasteiger partial charge in [-0.05, 0) is 45.3 Å². The van der Waals surface area contributed by atoms with Crippen molar-refractivity contribution in [2.24, 2.45) is 0 Å². The molecule has 0 bridgehead atoms. The van der Waals surface area contributed by atoms with Gasteiger partial charge in [-0.1, -0.05) is 0 Å². The van der Waals surface area contributed by atoms with Crippen LogP contribution in [0.5, 0.6) is 0 Å². The molecule has 0 radical (unpaired) electrons. The first-order valence-corrected chi connectivity index (χ1v) is 5.70. The van der Waals surface area contributed by atoms with Crippen LogP contribution in [0.4, 0.5) is 11.4 Å². The molecule has 92 valence electrons. The van der Waals surface area contributed by atoms with Gasteiger partial charge in [0, 0.05) is 13.6 Å². The highest BCUT2D eigenvalue weighted by atomic mass is 15.1. The van der Waals surface area contributed by atoms with E-state index in [2.05, 4.69) is 30.0 Å². The fourth-order valence-corrected chi connectivity index (χ4v) is 1.72. The largest absolute Gasteiger partial charge is 0.397 e. The van der Waals surface area contributed by atoms with Crippen molar-refractivity contribution in [2.75, 3.05) is 44.9 Å². The van der Waals surface area contributed by atoms with Crippen molar-refractivity contribution in [3.8, 4) is 6.07 Å². The highest BCUT2D eigenvalue weighted by Crippen LogP contribution is 2.23. The Morgan fingerprint density at radius 3 is 2.47 bits per heavy atom. The summed E-state index contributed by atoms with van der Waals surface area (Å²) in [4.78, 5) is 4.29. The Bertz CT molecular complexity index is 406. The highest BCUT2D eigenvalue weighted by Gasteiger charge is 2.06. The lowest BCUT2D eigenvalue weighted by Crippen LogP contribution is -2.24. The lowest BCUT2D eigenvalue weighted by molar-refractivity contribution is 0.402. The summed E-state index contributed by atoms with van der Waals surface area (Å²) in [5, 5.41) is 8.77. The van der Waals surface area contributed by atoms with Crippen LogP contribution in [0.25, 0.3) is 0 Å². The van der Waals surface area contributed by atoms with Crippen LogP contribution in [0.3, 0.4) is 0 Å². The number of benzene rings is 1. The third-order valence-corrected chi connectivity index (χ3v) is 2.67. The van der Waals surface area contributed by atoms with E-state index in [0.717, 1.165) is 25.2 Å². The third-order valence-electron chi connectivity index (χ3n) is 2.67. The minimum Gasteiger partial charge on any atom is -0.397 e. The van der Waals surface area contributed by atoms with Gasteiger partial charge >= 0.3 is 0 Å². The fraction of sp³-hybridized carbons (Fsp3) is 0.462. The molecule has 0 saturated carbocycles. The molecule has 0 amide bonds. The number of hydrogen-bond donors (Lipinski definition) is 1. The standard InChI is InChI=1S/C13H20N4/c1-16(2)7-4-8-17(3)13-6-5-11(10-14)9-12(13)15/h5-6,9H,4,7-8,15H2,1-3H3. The number of nitrogens with two attached hydrogens (primary N) is 1. The Labute approximate surface area is 103 Å². The molecule has 0 heterocycles. The van der Waals surface area contributed by atoms with Gasteiger partial charge in [0.2, 0.25) is 0 Å². The smallest absolute Gasteiger partial charge is 0.0992 e. The molecule has 0 atom stereocenters. The van der Waals surface area contributed by atoms with Crippen molar-refractivity contribution in [1.29, 1.82) is 5.26 Å². The second kappa shape index (κ2) is 6.12. The molecule has 0 aliphatic heterocycles. The summed E-state index contributed by atoms with van der Waals surface area (Å²) in [5.41, 5.74) is 8.18. The average molecular weight is 232 g/mol. The second-order valence-corrected chi connectivity index (χ2v) is 4.46. The SMILES string of the molecule is CN(C)CCCN(C)c1ccc(C#N)cc1N. The van der Waals surface area contributed by atoms with Gasteiger partial charge in [-0.15, -0.1) is 0 Å². The van der Waals surface area contributed by atoms with Crippen molar-refractivity contribution in [1.82, 2.24) is 4.90 Å². The molecule has 0 aromatic heterocycles. The topological polar surface area (TPSA) is 56.3 Å². The maximum Gasteiger partial charge on any atom is 0.0992 e. The second-order valence-electron chi connectivity index (χ2n) is 4.46. The van der Waals surface area contributed by atoms with Gasteiger partial charge in [0.1, 0.15) is 0 Å². The van der Waals surface area contributed by atoms with Gasteiger partial charge in [0.05, 0.1) is 23.0 Å². The van der Waals surface area contributed by atoms with E-state index in [4.69, 9.17) is 11.0 Å². The number of nitrogens with zero attached hydrogens (tertiary/aromatic N) is 3. The van der Waals surface area contributed by atoms with E-state index >= 15 is 0 Å². The lowest BCUT2D eigenvalue weighted by atomic mass is 10.1. The van der Waals surface area contributed by atoms with Crippen LogP contribution in [-0.2, 0) is 0 Å². The summed E-state index contributed by atoms with van der Waals surface area (Å²) >= 11 is 0. The van der Waals surface area contributed by atoms with Gasteiger partial charge in [0.25, 0.3) is 0 Å². The first-order chi connectivity index (χ1) is 8.04. The molecule has 4 heteroatoms. The highest BCUT2D eigenvalue weighted by molar-refractivity contribution is 5.69. The van der Waals surface area contributed by atoms with Gasteiger partial charge in [-0.3, -0.25) is 0 Å². The maximum atomic E-state index is 8.77. The van der Waals surface area contributed by atoms with Crippen LogP contribution < -0.4 is 10.6 Å². The van der Waals surface area contributed by atoms with Crippen LogP contribution in [0.1, 0.15) is 12.0 Å². The maximum absolute atomic E-state index is 8.77. The zero-order valence-corrected chi connectivity index (χ0v) is 10.8. The van der Waals surface area contributed by atoms with Crippen molar-refractivity contribution in [3.63, 3.8) is 0 Å². The van der Waals surface area contributed by atoms with E-state index in [1.165, 1.54) is 0 Å². The molecule has 0 spiro atoms. The van der Waals surface area contributed by atoms with E-state index < -0.39 is 0 Å². The number of rotatable bonds is 5. The molecular formula is C13H20N4. The Kier molecular flexibility index (Phi) is 4.80. The van der Waals surface area contributed by atoms with Crippen LogP contribution in [0, 0.1) is 11.3 Å². The summed E-state index contributed by atoms with van der Waals surface area (Å²) in [6.07, 6.45) is 1.09. The predicted molar refractivity (Wildman–Crippen MR) is 72.0 cm³/mol. The van der Waals surface area contributed by atoms with Crippen molar-refractivity contribution in [2.45, 2.75) is 6.42 Å². The molecule has 0 fully saturated rings. The molecule has 1 aromatic rings. The van der Waals surface area contributed by atoms with Crippen molar-refractivity contribution in [3.05, 3.63) is 23.8 Å². The fourth-order valence-electron chi connectivity index (χ4n) is 1.72. The van der Waals surface area contributed by atoms with E-state index in [1.54, 1.807) is 12.1 Å². The molecule has 1 aromatic carbocycles. The Balaban J connectivity index is 2.63. The minimum atomic E-state index is 0.605. The summed E-state index contributed by atoms with van der Waals surface area (Å²) in [6.45, 7) is 2.01. The Morgan fingerprint density at radius 2 is 1.94 bits per heavy atom. The van der Waals surface area contributed by atoms with E-state index in [0.29, 0.717) is 11.3 Å². The number of hydrogen-bond acceptors (Lipinski definition) is 4. The Hall–Kier alpha value is -1.73. The first kappa shape index (κ1) is 13.3. The van der Waals surface area contributed by atoms with Gasteiger partial charge in [-0.25, -0.2) is 0 Å². The number of nitriles is 1. The zero-order valence-electron chi connectivity index (χ0n) is 10.8. The van der Waals surface area contributed by atoms with Gasteiger partial charge in [0.15, 0.2) is 0 Å². The van der Waals surface area contributed by atoms with Crippen molar-refractivity contribution >= 4 is 11.4 Å². The monoisotopic (exact) mass is 232 g/mol. The number of anilines is 2. The van der Waals surface area contributed by atoms with Crippen LogP contribution >= 0.6 is 0 Å². The molecule has 4 nitrogen and oxygen atoms in total. The van der Waals surface area contributed by atoms with E-state index in [1.807, 2.05) is 13.1 Å². The van der Waals surface area contributed by atoms with Crippen LogP contribution in [-0.4, -0.2) is 39.1 Å². The minimum absolute atomic E-state index is 0.605. The lowest BCUT2D eigenvalue weighted by Gasteiger charge is -2.22. The predicted octanol–water partition coefficient (Wildman–Crippen LogP) is 1.53. The molecule has 0 aliphatic rings. The van der Waals surface area contributed by atoms with Crippen LogP contribution in [0.15, 0.2) is 18.2 Å². The molecule has 2 N–H and O–H groups in total. The van der Waals surface area contributed by atoms with Crippen molar-refractivity contribution < 1.29 is 0 Å². The first-order valence-electron chi connectivity index (χ1n) is 5.70. The summed E-state index contributed by atoms with van der Waals surface area (Å²) in [5.74, 6) is 0. The summed E-state index contributed by atoms with van der Waals surface area (Å²) in [6, 6.07) is 7.51. The summed E-state index contributed by atoms with van der Waals surface area (Å²) < 4.78 is 0. The molecular weight excluding hydrogens is 212 g/mol. The van der Waals surface area contributed by atoms with Gasteiger partial charge < -0.3 is 15.5 Å². The average Bonchev–Trinajstić information content (AvgIpc) is 2.28. The van der Waals surface area contributed by atoms with E-state index in [9.17, 15) is 0 Å². The number of nitrogen functional groups attached to an aromatic ring is 1. The van der Waals surface area contributed by atoms with Crippen LogP contribution in [0.2, 0.25) is 0 Å². The quantitative estimate of drug-likeness (QED) is 0.782. The van der Waals surface area contributed by atoms with E-state index in [-0.39, 0.29) is 0 Å². The Morgan fingerprint density at radius 1 is 1.24 bits per heavy atom. The zero-order chi connectivity index (χ0) is 12.8. The molecule has 0 unspecified atom stereocenters. The molecule has 0 saturated heterocycles. The molecule has 1 rings (SSSR count). The normalized spacial score (nSPS) is 10.3. The molecule has 0 aliphatic carbocycles. The van der Waals surface area contributed by atoms with Gasteiger partial charge in [-0.2, -0.15) is 5.26 Å². The molecule has 17 heavy (non-hydrogen) atoms. The summed E-state index contributed by atoms with van der Waals surface area (Å²) in [7, 11) is 6.15.